The number of ether oxygens (including phenoxy) is 1. The first kappa shape index (κ1) is 18.8. The molecule has 1 amide bonds. The van der Waals surface area contributed by atoms with Crippen LogP contribution in [0.15, 0.2) is 42.5 Å². The Bertz CT molecular complexity index is 857. The SMILES string of the molecule is CNC(=O)c1cc([N+](=O)[O-])ccc1N1CC(C)OC(c2ccc(F)cc2)C1. The van der Waals surface area contributed by atoms with Crippen LogP contribution < -0.4 is 10.2 Å². The number of nitro benzene ring substituents is 1. The van der Waals surface area contributed by atoms with Crippen LogP contribution in [0.2, 0.25) is 0 Å². The van der Waals surface area contributed by atoms with Gasteiger partial charge in [0.1, 0.15) is 11.9 Å². The van der Waals surface area contributed by atoms with Crippen LogP contribution in [-0.2, 0) is 4.74 Å². The molecular formula is C19H20FN3O4. The Kier molecular flexibility index (Phi) is 5.36. The van der Waals surface area contributed by atoms with E-state index in [2.05, 4.69) is 5.32 Å². The van der Waals surface area contributed by atoms with Crippen LogP contribution in [0, 0.1) is 15.9 Å². The number of nitrogens with zero attached hydrogens (tertiary/aromatic N) is 2. The molecule has 27 heavy (non-hydrogen) atoms. The molecule has 7 nitrogen and oxygen atoms in total. The van der Waals surface area contributed by atoms with Gasteiger partial charge in [0.15, 0.2) is 0 Å². The summed E-state index contributed by atoms with van der Waals surface area (Å²) in [6.07, 6.45) is -0.441. The fourth-order valence-electron chi connectivity index (χ4n) is 3.24. The predicted octanol–water partition coefficient (Wildman–Crippen LogP) is 3.06. The van der Waals surface area contributed by atoms with Crippen molar-refractivity contribution in [1.29, 1.82) is 0 Å². The van der Waals surface area contributed by atoms with Gasteiger partial charge in [-0.2, -0.15) is 0 Å². The van der Waals surface area contributed by atoms with E-state index in [1.807, 2.05) is 11.8 Å². The number of amides is 1. The van der Waals surface area contributed by atoms with E-state index in [0.717, 1.165) is 5.56 Å². The van der Waals surface area contributed by atoms with E-state index < -0.39 is 10.8 Å². The molecule has 142 valence electrons. The van der Waals surface area contributed by atoms with Gasteiger partial charge >= 0.3 is 0 Å². The Labute approximate surface area is 155 Å². The van der Waals surface area contributed by atoms with E-state index >= 15 is 0 Å². The predicted molar refractivity (Wildman–Crippen MR) is 98.4 cm³/mol. The van der Waals surface area contributed by atoms with Crippen LogP contribution in [0.5, 0.6) is 0 Å². The van der Waals surface area contributed by atoms with Crippen molar-refractivity contribution in [1.82, 2.24) is 5.32 Å². The maximum Gasteiger partial charge on any atom is 0.270 e. The molecule has 1 aliphatic heterocycles. The summed E-state index contributed by atoms with van der Waals surface area (Å²) in [5, 5.41) is 13.6. The van der Waals surface area contributed by atoms with E-state index in [1.165, 1.54) is 31.3 Å². The number of non-ortho nitro benzene ring substituents is 1. The van der Waals surface area contributed by atoms with Crippen molar-refractivity contribution in [2.24, 2.45) is 0 Å². The molecule has 0 aromatic heterocycles. The molecule has 1 heterocycles. The van der Waals surface area contributed by atoms with Gasteiger partial charge in [0.05, 0.1) is 22.3 Å². The van der Waals surface area contributed by atoms with E-state index in [0.29, 0.717) is 18.8 Å². The summed E-state index contributed by atoms with van der Waals surface area (Å²) in [6, 6.07) is 10.4. The summed E-state index contributed by atoms with van der Waals surface area (Å²) in [5.41, 5.74) is 1.52. The average molecular weight is 373 g/mol. The normalized spacial score (nSPS) is 19.6. The van der Waals surface area contributed by atoms with Gasteiger partial charge in [0.25, 0.3) is 11.6 Å². The molecule has 1 aliphatic rings. The van der Waals surface area contributed by atoms with Gasteiger partial charge in [-0.3, -0.25) is 14.9 Å². The van der Waals surface area contributed by atoms with E-state index in [-0.39, 0.29) is 29.3 Å². The van der Waals surface area contributed by atoms with E-state index in [4.69, 9.17) is 4.74 Å². The Balaban J connectivity index is 1.95. The second-order valence-corrected chi connectivity index (χ2v) is 6.43. The number of carbonyl (C=O) groups is 1. The van der Waals surface area contributed by atoms with Gasteiger partial charge in [-0.25, -0.2) is 4.39 Å². The van der Waals surface area contributed by atoms with Crippen molar-refractivity contribution >= 4 is 17.3 Å². The number of benzene rings is 2. The Morgan fingerprint density at radius 1 is 1.26 bits per heavy atom. The number of nitro groups is 1. The number of morpholine rings is 1. The maximum absolute atomic E-state index is 13.2. The van der Waals surface area contributed by atoms with Gasteiger partial charge in [-0.15, -0.1) is 0 Å². The lowest BCUT2D eigenvalue weighted by molar-refractivity contribution is -0.384. The second kappa shape index (κ2) is 7.71. The van der Waals surface area contributed by atoms with Crippen molar-refractivity contribution in [3.8, 4) is 0 Å². The van der Waals surface area contributed by atoms with Crippen LogP contribution in [0.1, 0.15) is 28.9 Å². The van der Waals surface area contributed by atoms with Crippen LogP contribution in [0.4, 0.5) is 15.8 Å². The Morgan fingerprint density at radius 2 is 1.96 bits per heavy atom. The third-order valence-corrected chi connectivity index (χ3v) is 4.51. The monoisotopic (exact) mass is 373 g/mol. The average Bonchev–Trinajstić information content (AvgIpc) is 2.66. The zero-order valence-corrected chi connectivity index (χ0v) is 15.0. The Hall–Kier alpha value is -3.00. The summed E-state index contributed by atoms with van der Waals surface area (Å²) >= 11 is 0. The molecule has 0 spiro atoms. The zero-order chi connectivity index (χ0) is 19.6. The number of nitrogens with one attached hydrogen (secondary N) is 1. The van der Waals surface area contributed by atoms with Gasteiger partial charge in [-0.05, 0) is 30.7 Å². The maximum atomic E-state index is 13.2. The first-order chi connectivity index (χ1) is 12.9. The molecule has 1 fully saturated rings. The number of hydrogen-bond donors (Lipinski definition) is 1. The number of halogens is 1. The third-order valence-electron chi connectivity index (χ3n) is 4.51. The highest BCUT2D eigenvalue weighted by atomic mass is 19.1. The number of hydrogen-bond acceptors (Lipinski definition) is 5. The second-order valence-electron chi connectivity index (χ2n) is 6.43. The van der Waals surface area contributed by atoms with Crippen molar-refractivity contribution in [3.63, 3.8) is 0 Å². The highest BCUT2D eigenvalue weighted by Crippen LogP contribution is 2.32. The summed E-state index contributed by atoms with van der Waals surface area (Å²) in [4.78, 5) is 24.8. The minimum absolute atomic E-state index is 0.137. The summed E-state index contributed by atoms with van der Waals surface area (Å²) in [7, 11) is 1.48. The molecule has 3 rings (SSSR count). The highest BCUT2D eigenvalue weighted by Gasteiger charge is 2.29. The van der Waals surface area contributed by atoms with Gasteiger partial charge in [0, 0.05) is 32.3 Å². The van der Waals surface area contributed by atoms with Crippen molar-refractivity contribution in [3.05, 3.63) is 69.5 Å². The lowest BCUT2D eigenvalue weighted by Gasteiger charge is -2.39. The minimum Gasteiger partial charge on any atom is -0.367 e. The fraction of sp³-hybridized carbons (Fsp3) is 0.316. The van der Waals surface area contributed by atoms with Crippen molar-refractivity contribution in [2.45, 2.75) is 19.1 Å². The first-order valence-electron chi connectivity index (χ1n) is 8.55. The topological polar surface area (TPSA) is 84.7 Å². The molecule has 0 saturated carbocycles. The van der Waals surface area contributed by atoms with E-state index in [1.54, 1.807) is 18.2 Å². The molecule has 1 saturated heterocycles. The lowest BCUT2D eigenvalue weighted by atomic mass is 10.0. The van der Waals surface area contributed by atoms with Crippen LogP contribution in [-0.4, -0.2) is 37.1 Å². The first-order valence-corrected chi connectivity index (χ1v) is 8.55. The molecule has 2 unspecified atom stereocenters. The third kappa shape index (κ3) is 4.06. The van der Waals surface area contributed by atoms with E-state index in [9.17, 15) is 19.3 Å². The molecule has 2 atom stereocenters. The molecule has 8 heteroatoms. The van der Waals surface area contributed by atoms with Gasteiger partial charge in [-0.1, -0.05) is 12.1 Å². The number of rotatable bonds is 4. The summed E-state index contributed by atoms with van der Waals surface area (Å²) in [6.45, 7) is 2.88. The minimum atomic E-state index is -0.528. The Morgan fingerprint density at radius 3 is 2.59 bits per heavy atom. The van der Waals surface area contributed by atoms with Crippen LogP contribution in [0.3, 0.4) is 0 Å². The molecule has 2 aromatic carbocycles. The molecule has 0 bridgehead atoms. The lowest BCUT2D eigenvalue weighted by Crippen LogP contribution is -2.43. The summed E-state index contributed by atoms with van der Waals surface area (Å²) in [5.74, 6) is -0.720. The highest BCUT2D eigenvalue weighted by molar-refractivity contribution is 6.00. The number of carbonyl (C=O) groups excluding carboxylic acids is 1. The van der Waals surface area contributed by atoms with Gasteiger partial charge in [0.2, 0.25) is 0 Å². The quantitative estimate of drug-likeness (QED) is 0.658. The van der Waals surface area contributed by atoms with Crippen LogP contribution in [0.25, 0.3) is 0 Å². The standard InChI is InChI=1S/C19H20FN3O4/c1-12-10-22(11-18(27-12)13-3-5-14(20)6-4-13)17-8-7-15(23(25)26)9-16(17)19(24)21-2/h3-9,12,18H,10-11H2,1-2H3,(H,21,24). The summed E-state index contributed by atoms with van der Waals surface area (Å²) < 4.78 is 19.2. The molecule has 2 aromatic rings. The molecule has 0 aliphatic carbocycles. The zero-order valence-electron chi connectivity index (χ0n) is 15.0. The van der Waals surface area contributed by atoms with Crippen molar-refractivity contribution < 1.29 is 18.8 Å². The van der Waals surface area contributed by atoms with Crippen molar-refractivity contribution in [2.75, 3.05) is 25.0 Å². The van der Waals surface area contributed by atoms with Gasteiger partial charge < -0.3 is 15.0 Å². The fourth-order valence-corrected chi connectivity index (χ4v) is 3.24. The molecule has 0 radical (unpaired) electrons. The smallest absolute Gasteiger partial charge is 0.270 e. The van der Waals surface area contributed by atoms with Crippen LogP contribution >= 0.6 is 0 Å². The number of anilines is 1. The largest absolute Gasteiger partial charge is 0.367 e. The molecule has 1 N–H and O–H groups in total. The molecular weight excluding hydrogens is 353 g/mol.